The molecule has 28 heavy (non-hydrogen) atoms. The average Bonchev–Trinajstić information content (AvgIpc) is 3.06. The molecule has 1 saturated heterocycles. The number of oxazole rings is 1. The molecule has 0 aliphatic carbocycles. The van der Waals surface area contributed by atoms with Crippen LogP contribution in [0.3, 0.4) is 0 Å². The highest BCUT2D eigenvalue weighted by Gasteiger charge is 2.26. The van der Waals surface area contributed by atoms with Gasteiger partial charge in [-0.15, -0.1) is 0 Å². The number of aromatic nitrogens is 1. The highest BCUT2D eigenvalue weighted by Crippen LogP contribution is 2.26. The third kappa shape index (κ3) is 5.20. The standard InChI is InChI=1S/C22H31N3O3/c1-16-7-4-5-8-19(16)22-24-20(17(2)28-22)15-25-12-9-18(10-13-25)21(26)23-11-6-14-27-3/h4-5,7-8,18H,6,9-15H2,1-3H3,(H,23,26). The van der Waals surface area contributed by atoms with Crippen molar-refractivity contribution in [3.05, 3.63) is 41.3 Å². The number of ether oxygens (including phenoxy) is 1. The molecule has 0 spiro atoms. The van der Waals surface area contributed by atoms with Gasteiger partial charge in [-0.1, -0.05) is 18.2 Å². The van der Waals surface area contributed by atoms with E-state index in [9.17, 15) is 4.79 Å². The first-order chi connectivity index (χ1) is 13.6. The summed E-state index contributed by atoms with van der Waals surface area (Å²) >= 11 is 0. The van der Waals surface area contributed by atoms with Crippen molar-refractivity contribution in [2.45, 2.75) is 39.7 Å². The summed E-state index contributed by atoms with van der Waals surface area (Å²) in [5.41, 5.74) is 3.19. The van der Waals surface area contributed by atoms with Crippen molar-refractivity contribution < 1.29 is 13.9 Å². The fourth-order valence-corrected chi connectivity index (χ4v) is 3.64. The van der Waals surface area contributed by atoms with E-state index >= 15 is 0 Å². The third-order valence-electron chi connectivity index (χ3n) is 5.42. The Morgan fingerprint density at radius 1 is 1.29 bits per heavy atom. The van der Waals surface area contributed by atoms with Crippen molar-refractivity contribution in [3.8, 4) is 11.5 Å². The first-order valence-electron chi connectivity index (χ1n) is 10.1. The summed E-state index contributed by atoms with van der Waals surface area (Å²) in [7, 11) is 1.68. The smallest absolute Gasteiger partial charge is 0.226 e. The first-order valence-corrected chi connectivity index (χ1v) is 10.1. The number of amides is 1. The van der Waals surface area contributed by atoms with Gasteiger partial charge in [-0.2, -0.15) is 0 Å². The summed E-state index contributed by atoms with van der Waals surface area (Å²) < 4.78 is 10.9. The van der Waals surface area contributed by atoms with Crippen molar-refractivity contribution >= 4 is 5.91 Å². The van der Waals surface area contributed by atoms with Crippen LogP contribution in [0.4, 0.5) is 0 Å². The van der Waals surface area contributed by atoms with Gasteiger partial charge >= 0.3 is 0 Å². The van der Waals surface area contributed by atoms with Crippen LogP contribution >= 0.6 is 0 Å². The van der Waals surface area contributed by atoms with Gasteiger partial charge in [0.2, 0.25) is 11.8 Å². The van der Waals surface area contributed by atoms with E-state index in [4.69, 9.17) is 14.1 Å². The number of nitrogens with one attached hydrogen (secondary N) is 1. The van der Waals surface area contributed by atoms with Gasteiger partial charge in [-0.3, -0.25) is 9.69 Å². The molecule has 0 atom stereocenters. The number of carbonyl (C=O) groups is 1. The van der Waals surface area contributed by atoms with Gasteiger partial charge in [-0.05, 0) is 57.8 Å². The molecule has 6 nitrogen and oxygen atoms in total. The lowest BCUT2D eigenvalue weighted by molar-refractivity contribution is -0.126. The van der Waals surface area contributed by atoms with Gasteiger partial charge < -0.3 is 14.5 Å². The second-order valence-corrected chi connectivity index (χ2v) is 7.52. The van der Waals surface area contributed by atoms with Crippen LogP contribution in [-0.2, 0) is 16.1 Å². The molecule has 0 unspecified atom stereocenters. The van der Waals surface area contributed by atoms with E-state index in [1.54, 1.807) is 7.11 Å². The second kappa shape index (κ2) is 9.85. The van der Waals surface area contributed by atoms with Crippen molar-refractivity contribution in [2.75, 3.05) is 33.4 Å². The summed E-state index contributed by atoms with van der Waals surface area (Å²) in [6.45, 7) is 7.99. The number of likely N-dealkylation sites (tertiary alicyclic amines) is 1. The lowest BCUT2D eigenvalue weighted by atomic mass is 9.95. The first kappa shape index (κ1) is 20.6. The van der Waals surface area contributed by atoms with Crippen molar-refractivity contribution in [2.24, 2.45) is 5.92 Å². The van der Waals surface area contributed by atoms with Gasteiger partial charge in [0.05, 0.1) is 5.69 Å². The van der Waals surface area contributed by atoms with Crippen LogP contribution in [0.2, 0.25) is 0 Å². The number of aryl methyl sites for hydroxylation is 2. The number of benzene rings is 1. The van der Waals surface area contributed by atoms with Crippen LogP contribution in [0.1, 0.15) is 36.3 Å². The molecule has 0 radical (unpaired) electrons. The SMILES string of the molecule is COCCCNC(=O)C1CCN(Cc2nc(-c3ccccc3C)oc2C)CC1. The van der Waals surface area contributed by atoms with Crippen molar-refractivity contribution in [3.63, 3.8) is 0 Å². The number of rotatable bonds is 8. The maximum absolute atomic E-state index is 12.3. The Morgan fingerprint density at radius 3 is 2.75 bits per heavy atom. The molecule has 152 valence electrons. The lowest BCUT2D eigenvalue weighted by Crippen LogP contribution is -2.40. The number of nitrogens with zero attached hydrogens (tertiary/aromatic N) is 2. The summed E-state index contributed by atoms with van der Waals surface area (Å²) in [6.07, 6.45) is 2.63. The van der Waals surface area contributed by atoms with Gasteiger partial charge in [0, 0.05) is 38.3 Å². The van der Waals surface area contributed by atoms with Gasteiger partial charge in [0.15, 0.2) is 0 Å². The van der Waals surface area contributed by atoms with Crippen LogP contribution in [0.25, 0.3) is 11.5 Å². The molecule has 2 aromatic rings. The van der Waals surface area contributed by atoms with Crippen LogP contribution in [-0.4, -0.2) is 49.1 Å². The monoisotopic (exact) mass is 385 g/mol. The highest BCUT2D eigenvalue weighted by molar-refractivity contribution is 5.78. The van der Waals surface area contributed by atoms with Crippen LogP contribution in [0, 0.1) is 19.8 Å². The predicted molar refractivity (Wildman–Crippen MR) is 109 cm³/mol. The van der Waals surface area contributed by atoms with E-state index in [1.165, 1.54) is 0 Å². The van der Waals surface area contributed by atoms with Crippen molar-refractivity contribution in [1.82, 2.24) is 15.2 Å². The van der Waals surface area contributed by atoms with Crippen LogP contribution in [0.5, 0.6) is 0 Å². The Bertz CT molecular complexity index is 779. The third-order valence-corrected chi connectivity index (χ3v) is 5.42. The molecule has 1 fully saturated rings. The number of piperidine rings is 1. The molecule has 1 aliphatic rings. The molecule has 1 aromatic heterocycles. The molecule has 1 amide bonds. The fourth-order valence-electron chi connectivity index (χ4n) is 3.64. The van der Waals surface area contributed by atoms with E-state index in [0.717, 1.165) is 61.5 Å². The molecule has 1 aliphatic heterocycles. The largest absolute Gasteiger partial charge is 0.441 e. The molecule has 3 rings (SSSR count). The second-order valence-electron chi connectivity index (χ2n) is 7.52. The van der Waals surface area contributed by atoms with E-state index in [-0.39, 0.29) is 11.8 Å². The quantitative estimate of drug-likeness (QED) is 0.706. The Morgan fingerprint density at radius 2 is 2.04 bits per heavy atom. The Kier molecular flexibility index (Phi) is 7.23. The fraction of sp³-hybridized carbons (Fsp3) is 0.545. The normalized spacial score (nSPS) is 15.7. The van der Waals surface area contributed by atoms with Gasteiger partial charge in [0.25, 0.3) is 0 Å². The maximum atomic E-state index is 12.3. The van der Waals surface area contributed by atoms with Crippen LogP contribution in [0.15, 0.2) is 28.7 Å². The van der Waals surface area contributed by atoms with Crippen molar-refractivity contribution in [1.29, 1.82) is 0 Å². The summed E-state index contributed by atoms with van der Waals surface area (Å²) in [4.78, 5) is 19.4. The topological polar surface area (TPSA) is 67.6 Å². The Balaban J connectivity index is 1.51. The Labute approximate surface area is 167 Å². The summed E-state index contributed by atoms with van der Waals surface area (Å²) in [5, 5.41) is 3.02. The minimum absolute atomic E-state index is 0.111. The molecule has 2 heterocycles. The Hall–Kier alpha value is -2.18. The molecular formula is C22H31N3O3. The predicted octanol–water partition coefficient (Wildman–Crippen LogP) is 3.32. The molecule has 6 heteroatoms. The van der Waals surface area contributed by atoms with E-state index in [2.05, 4.69) is 23.2 Å². The number of carbonyl (C=O) groups excluding carboxylic acids is 1. The summed E-state index contributed by atoms with van der Waals surface area (Å²) in [6, 6.07) is 8.14. The zero-order valence-corrected chi connectivity index (χ0v) is 17.2. The van der Waals surface area contributed by atoms with E-state index < -0.39 is 0 Å². The van der Waals surface area contributed by atoms with Gasteiger partial charge in [-0.25, -0.2) is 4.98 Å². The lowest BCUT2D eigenvalue weighted by Gasteiger charge is -2.30. The van der Waals surface area contributed by atoms with Crippen LogP contribution < -0.4 is 5.32 Å². The number of hydrogen-bond donors (Lipinski definition) is 1. The van der Waals surface area contributed by atoms with Gasteiger partial charge in [0.1, 0.15) is 5.76 Å². The molecular weight excluding hydrogens is 354 g/mol. The zero-order valence-electron chi connectivity index (χ0n) is 17.2. The number of hydrogen-bond acceptors (Lipinski definition) is 5. The number of methoxy groups -OCH3 is 1. The molecule has 1 N–H and O–H groups in total. The minimum atomic E-state index is 0.111. The summed E-state index contributed by atoms with van der Waals surface area (Å²) in [5.74, 6) is 1.85. The highest BCUT2D eigenvalue weighted by atomic mass is 16.5. The zero-order chi connectivity index (χ0) is 19.9. The average molecular weight is 386 g/mol. The maximum Gasteiger partial charge on any atom is 0.226 e. The molecule has 0 saturated carbocycles. The minimum Gasteiger partial charge on any atom is -0.441 e. The van der Waals surface area contributed by atoms with E-state index in [1.807, 2.05) is 25.1 Å². The van der Waals surface area contributed by atoms with E-state index in [0.29, 0.717) is 19.0 Å². The molecule has 1 aromatic carbocycles. The molecule has 0 bridgehead atoms.